The number of hydrogen-bond donors (Lipinski definition) is 1. The number of halogens is 2. The van der Waals surface area contributed by atoms with Gasteiger partial charge in [0.15, 0.2) is 0 Å². The van der Waals surface area contributed by atoms with Gasteiger partial charge in [0.25, 0.3) is 0 Å². The van der Waals surface area contributed by atoms with Gasteiger partial charge < -0.3 is 10.2 Å². The summed E-state index contributed by atoms with van der Waals surface area (Å²) in [5.74, 6) is 0.791. The monoisotopic (exact) mass is 348 g/mol. The Morgan fingerprint density at radius 2 is 1.78 bits per heavy atom. The van der Waals surface area contributed by atoms with E-state index < -0.39 is 0 Å². The van der Waals surface area contributed by atoms with Crippen molar-refractivity contribution < 1.29 is 4.74 Å². The van der Waals surface area contributed by atoms with Crippen LogP contribution in [0.3, 0.4) is 0 Å². The van der Waals surface area contributed by atoms with Crippen LogP contribution >= 0.6 is 23.2 Å². The average molecular weight is 349 g/mol. The summed E-state index contributed by atoms with van der Waals surface area (Å²) in [6, 6.07) is 13.3. The third kappa shape index (κ3) is 4.37. The van der Waals surface area contributed by atoms with Crippen molar-refractivity contribution in [1.29, 1.82) is 0 Å². The normalized spacial score (nSPS) is 10.5. The first-order valence-corrected chi connectivity index (χ1v) is 7.70. The maximum absolute atomic E-state index is 6.00. The van der Waals surface area contributed by atoms with Crippen molar-refractivity contribution in [2.45, 2.75) is 13.2 Å². The summed E-state index contributed by atoms with van der Waals surface area (Å²) in [6.45, 7) is 1.07. The van der Waals surface area contributed by atoms with Gasteiger partial charge >= 0.3 is 0 Å². The van der Waals surface area contributed by atoms with E-state index in [0.717, 1.165) is 16.9 Å². The highest BCUT2D eigenvalue weighted by atomic mass is 35.5. The van der Waals surface area contributed by atoms with Crippen molar-refractivity contribution in [3.05, 3.63) is 76.3 Å². The van der Waals surface area contributed by atoms with Crippen LogP contribution in [0.2, 0.25) is 10.0 Å². The topological polar surface area (TPSA) is 52.0 Å². The van der Waals surface area contributed by atoms with Crippen LogP contribution in [-0.2, 0) is 13.2 Å². The van der Waals surface area contributed by atoms with Crippen LogP contribution in [-0.4, -0.2) is 14.9 Å². The van der Waals surface area contributed by atoms with Gasteiger partial charge in [0.05, 0.1) is 16.6 Å². The first-order chi connectivity index (χ1) is 11.2. The molecule has 0 atom stereocenters. The smallest absolute Gasteiger partial charge is 0.138 e. The van der Waals surface area contributed by atoms with Crippen LogP contribution in [0, 0.1) is 0 Å². The summed E-state index contributed by atoms with van der Waals surface area (Å²) < 4.78 is 7.50. The fourth-order valence-electron chi connectivity index (χ4n) is 2.01. The summed E-state index contributed by atoms with van der Waals surface area (Å²) in [4.78, 5) is 0. The SMILES string of the molecule is Clc1ccc(COc2cccc(CNn3cnnc3)c2)cc1Cl. The Bertz CT molecular complexity index is 778. The van der Waals surface area contributed by atoms with Gasteiger partial charge in [0, 0.05) is 0 Å². The molecular formula is C16H14Cl2N4O. The molecule has 23 heavy (non-hydrogen) atoms. The van der Waals surface area contributed by atoms with Gasteiger partial charge in [0.1, 0.15) is 25.0 Å². The molecule has 7 heteroatoms. The molecular weight excluding hydrogens is 335 g/mol. The van der Waals surface area contributed by atoms with Crippen LogP contribution < -0.4 is 10.2 Å². The molecule has 0 amide bonds. The minimum atomic E-state index is 0.430. The third-order valence-electron chi connectivity index (χ3n) is 3.17. The summed E-state index contributed by atoms with van der Waals surface area (Å²) in [7, 11) is 0. The van der Waals surface area contributed by atoms with Crippen LogP contribution in [0.4, 0.5) is 0 Å². The second kappa shape index (κ2) is 7.35. The highest BCUT2D eigenvalue weighted by Crippen LogP contribution is 2.23. The molecule has 1 N–H and O–H groups in total. The highest BCUT2D eigenvalue weighted by molar-refractivity contribution is 6.42. The molecule has 5 nitrogen and oxygen atoms in total. The van der Waals surface area contributed by atoms with Crippen LogP contribution in [0.15, 0.2) is 55.1 Å². The Labute approximate surface area is 143 Å². The molecule has 3 aromatic rings. The average Bonchev–Trinajstić information content (AvgIpc) is 3.08. The Kier molecular flexibility index (Phi) is 5.00. The van der Waals surface area contributed by atoms with E-state index in [1.165, 1.54) is 0 Å². The van der Waals surface area contributed by atoms with Crippen molar-refractivity contribution in [3.63, 3.8) is 0 Å². The Morgan fingerprint density at radius 3 is 2.57 bits per heavy atom. The molecule has 0 bridgehead atoms. The number of nitrogens with one attached hydrogen (secondary N) is 1. The lowest BCUT2D eigenvalue weighted by Crippen LogP contribution is -2.12. The van der Waals surface area contributed by atoms with E-state index in [-0.39, 0.29) is 0 Å². The molecule has 0 aliphatic rings. The van der Waals surface area contributed by atoms with Gasteiger partial charge in [-0.05, 0) is 35.4 Å². The Hall–Kier alpha value is -2.24. The minimum Gasteiger partial charge on any atom is -0.489 e. The third-order valence-corrected chi connectivity index (χ3v) is 3.91. The van der Waals surface area contributed by atoms with Gasteiger partial charge in [-0.1, -0.05) is 41.4 Å². The number of ether oxygens (including phenoxy) is 1. The Morgan fingerprint density at radius 1 is 0.957 bits per heavy atom. The molecule has 0 fully saturated rings. The first kappa shape index (κ1) is 15.6. The van der Waals surface area contributed by atoms with E-state index in [1.54, 1.807) is 29.5 Å². The van der Waals surface area contributed by atoms with Crippen LogP contribution in [0.5, 0.6) is 5.75 Å². The van der Waals surface area contributed by atoms with Gasteiger partial charge in [-0.3, -0.25) is 0 Å². The molecule has 118 valence electrons. The van der Waals surface area contributed by atoms with Gasteiger partial charge in [-0.2, -0.15) is 0 Å². The maximum Gasteiger partial charge on any atom is 0.138 e. The molecule has 0 unspecified atom stereocenters. The largest absolute Gasteiger partial charge is 0.489 e. The van der Waals surface area contributed by atoms with Crippen molar-refractivity contribution >= 4 is 23.2 Å². The van der Waals surface area contributed by atoms with Crippen LogP contribution in [0.25, 0.3) is 0 Å². The standard InChI is InChI=1S/C16H14Cl2N4O/c17-15-5-4-13(7-16(15)18)9-23-14-3-1-2-12(6-14)8-21-22-10-19-20-11-22/h1-7,10-11,21H,8-9H2. The molecule has 0 spiro atoms. The summed E-state index contributed by atoms with van der Waals surface area (Å²) in [6.07, 6.45) is 3.20. The molecule has 0 aliphatic heterocycles. The summed E-state index contributed by atoms with van der Waals surface area (Å²) in [5.41, 5.74) is 5.21. The first-order valence-electron chi connectivity index (χ1n) is 6.95. The lowest BCUT2D eigenvalue weighted by Gasteiger charge is -2.10. The Balaban J connectivity index is 1.59. The van der Waals surface area contributed by atoms with E-state index in [0.29, 0.717) is 23.2 Å². The predicted octanol–water partition coefficient (Wildman–Crippen LogP) is 3.91. The summed E-state index contributed by atoms with van der Waals surface area (Å²) >= 11 is 11.9. The number of hydrogen-bond acceptors (Lipinski definition) is 4. The van der Waals surface area contributed by atoms with Crippen molar-refractivity contribution in [2.24, 2.45) is 0 Å². The second-order valence-corrected chi connectivity index (χ2v) is 5.70. The highest BCUT2D eigenvalue weighted by Gasteiger charge is 2.02. The van der Waals surface area contributed by atoms with Gasteiger partial charge in [0.2, 0.25) is 0 Å². The number of benzene rings is 2. The lowest BCUT2D eigenvalue weighted by atomic mass is 10.2. The number of aromatic nitrogens is 3. The van der Waals surface area contributed by atoms with E-state index in [2.05, 4.69) is 15.6 Å². The fourth-order valence-corrected chi connectivity index (χ4v) is 2.33. The van der Waals surface area contributed by atoms with Gasteiger partial charge in [-0.15, -0.1) is 10.2 Å². The van der Waals surface area contributed by atoms with Crippen LogP contribution in [0.1, 0.15) is 11.1 Å². The molecule has 0 radical (unpaired) electrons. The van der Waals surface area contributed by atoms with Crippen molar-refractivity contribution in [1.82, 2.24) is 14.9 Å². The quantitative estimate of drug-likeness (QED) is 0.733. The molecule has 0 saturated heterocycles. The lowest BCUT2D eigenvalue weighted by molar-refractivity contribution is 0.306. The molecule has 2 aromatic carbocycles. The fraction of sp³-hybridized carbons (Fsp3) is 0.125. The molecule has 1 heterocycles. The van der Waals surface area contributed by atoms with E-state index in [1.807, 2.05) is 30.3 Å². The molecule has 3 rings (SSSR count). The van der Waals surface area contributed by atoms with Crippen molar-refractivity contribution in [2.75, 3.05) is 5.43 Å². The van der Waals surface area contributed by atoms with E-state index >= 15 is 0 Å². The second-order valence-electron chi connectivity index (χ2n) is 4.89. The van der Waals surface area contributed by atoms with E-state index in [4.69, 9.17) is 27.9 Å². The van der Waals surface area contributed by atoms with E-state index in [9.17, 15) is 0 Å². The number of nitrogens with zero attached hydrogens (tertiary/aromatic N) is 3. The zero-order valence-corrected chi connectivity index (χ0v) is 13.6. The number of rotatable bonds is 6. The molecule has 0 aliphatic carbocycles. The van der Waals surface area contributed by atoms with Crippen molar-refractivity contribution in [3.8, 4) is 5.75 Å². The zero-order valence-electron chi connectivity index (χ0n) is 12.1. The predicted molar refractivity (Wildman–Crippen MR) is 90.3 cm³/mol. The van der Waals surface area contributed by atoms with Gasteiger partial charge in [-0.25, -0.2) is 4.68 Å². The summed E-state index contributed by atoms with van der Waals surface area (Å²) in [5, 5.41) is 8.53. The maximum atomic E-state index is 6.00. The molecule has 1 aromatic heterocycles. The minimum absolute atomic E-state index is 0.430. The zero-order chi connectivity index (χ0) is 16.1. The molecule has 0 saturated carbocycles.